The Morgan fingerprint density at radius 1 is 1.26 bits per heavy atom. The molecule has 3 unspecified atom stereocenters. The van der Waals surface area contributed by atoms with Gasteiger partial charge in [-0.25, -0.2) is 0 Å². The molecule has 0 radical (unpaired) electrons. The summed E-state index contributed by atoms with van der Waals surface area (Å²) in [6.45, 7) is 6.52. The van der Waals surface area contributed by atoms with Gasteiger partial charge >= 0.3 is 0 Å². The van der Waals surface area contributed by atoms with Gasteiger partial charge in [0.25, 0.3) is 0 Å². The second kappa shape index (κ2) is 6.91. The van der Waals surface area contributed by atoms with Gasteiger partial charge in [-0.3, -0.25) is 4.79 Å². The first-order chi connectivity index (χ1) is 11.0. The predicted octanol–water partition coefficient (Wildman–Crippen LogP) is 2.77. The van der Waals surface area contributed by atoms with Crippen LogP contribution in [0.1, 0.15) is 44.6 Å². The molecule has 3 atom stereocenters. The van der Waals surface area contributed by atoms with E-state index in [2.05, 4.69) is 26.0 Å². The largest absolute Gasteiger partial charge is 0.493 e. The molecule has 0 bridgehead atoms. The summed E-state index contributed by atoms with van der Waals surface area (Å²) in [4.78, 5) is 14.3. The van der Waals surface area contributed by atoms with Crippen molar-refractivity contribution in [2.45, 2.75) is 45.1 Å². The van der Waals surface area contributed by atoms with Gasteiger partial charge in [0.2, 0.25) is 5.91 Å². The minimum Gasteiger partial charge on any atom is -0.493 e. The molecule has 23 heavy (non-hydrogen) atoms. The van der Waals surface area contributed by atoms with E-state index in [9.17, 15) is 4.79 Å². The molecule has 126 valence electrons. The van der Waals surface area contributed by atoms with E-state index in [-0.39, 0.29) is 11.9 Å². The number of carbonyl (C=O) groups is 1. The van der Waals surface area contributed by atoms with Crippen molar-refractivity contribution < 1.29 is 9.53 Å². The second-order valence-corrected chi connectivity index (χ2v) is 7.29. The van der Waals surface area contributed by atoms with Crippen molar-refractivity contribution in [1.29, 1.82) is 0 Å². The highest BCUT2D eigenvalue weighted by molar-refractivity contribution is 5.76. The van der Waals surface area contributed by atoms with Crippen molar-refractivity contribution in [3.8, 4) is 5.75 Å². The smallest absolute Gasteiger partial charge is 0.226 e. The molecule has 2 aliphatic rings. The number of nitrogens with two attached hydrogens (primary N) is 1. The molecule has 2 fully saturated rings. The first-order valence-electron chi connectivity index (χ1n) is 8.80. The van der Waals surface area contributed by atoms with E-state index in [1.54, 1.807) is 0 Å². The highest BCUT2D eigenvalue weighted by atomic mass is 16.5. The van der Waals surface area contributed by atoms with Crippen molar-refractivity contribution in [2.24, 2.45) is 17.6 Å². The molecule has 1 aromatic rings. The normalized spacial score (nSPS) is 26.6. The van der Waals surface area contributed by atoms with Crippen molar-refractivity contribution in [1.82, 2.24) is 4.90 Å². The molecule has 4 nitrogen and oxygen atoms in total. The lowest BCUT2D eigenvalue weighted by molar-refractivity contribution is -0.131. The van der Waals surface area contributed by atoms with Crippen LogP contribution < -0.4 is 10.5 Å². The number of likely N-dealkylation sites (tertiary alicyclic amines) is 1. The molecule has 1 aliphatic heterocycles. The molecule has 1 aromatic carbocycles. The van der Waals surface area contributed by atoms with Crippen LogP contribution in [0.2, 0.25) is 0 Å². The van der Waals surface area contributed by atoms with Crippen LogP contribution in [0.3, 0.4) is 0 Å². The third kappa shape index (κ3) is 3.69. The Labute approximate surface area is 139 Å². The fraction of sp³-hybridized carbons (Fsp3) is 0.632. The summed E-state index contributed by atoms with van der Waals surface area (Å²) in [7, 11) is 0. The van der Waals surface area contributed by atoms with E-state index in [0.29, 0.717) is 30.8 Å². The van der Waals surface area contributed by atoms with Gasteiger partial charge in [-0.1, -0.05) is 26.0 Å². The van der Waals surface area contributed by atoms with Gasteiger partial charge in [0, 0.05) is 19.1 Å². The molecule has 2 N–H and O–H groups in total. The average Bonchev–Trinajstić information content (AvgIpc) is 3.10. The van der Waals surface area contributed by atoms with Gasteiger partial charge in [0.05, 0.1) is 13.0 Å². The Hall–Kier alpha value is -1.55. The van der Waals surface area contributed by atoms with E-state index >= 15 is 0 Å². The van der Waals surface area contributed by atoms with E-state index in [1.807, 2.05) is 17.0 Å². The Morgan fingerprint density at radius 2 is 2.00 bits per heavy atom. The summed E-state index contributed by atoms with van der Waals surface area (Å²) < 4.78 is 5.71. The van der Waals surface area contributed by atoms with Crippen LogP contribution >= 0.6 is 0 Å². The highest BCUT2D eigenvalue weighted by Crippen LogP contribution is 2.37. The van der Waals surface area contributed by atoms with Gasteiger partial charge in [-0.05, 0) is 48.3 Å². The number of ether oxygens (including phenoxy) is 1. The molecule has 1 saturated heterocycles. The fourth-order valence-corrected chi connectivity index (χ4v) is 3.87. The van der Waals surface area contributed by atoms with Crippen molar-refractivity contribution in [2.75, 3.05) is 19.7 Å². The predicted molar refractivity (Wildman–Crippen MR) is 91.4 cm³/mol. The molecule has 1 aliphatic carbocycles. The summed E-state index contributed by atoms with van der Waals surface area (Å²) in [5.41, 5.74) is 7.43. The summed E-state index contributed by atoms with van der Waals surface area (Å²) >= 11 is 0. The topological polar surface area (TPSA) is 55.6 Å². The maximum atomic E-state index is 12.3. The maximum Gasteiger partial charge on any atom is 0.226 e. The van der Waals surface area contributed by atoms with Crippen LogP contribution in [0.25, 0.3) is 0 Å². The molecule has 4 heteroatoms. The van der Waals surface area contributed by atoms with E-state index in [1.165, 1.54) is 12.0 Å². The first-order valence-corrected chi connectivity index (χ1v) is 8.80. The first kappa shape index (κ1) is 16.3. The van der Waals surface area contributed by atoms with Gasteiger partial charge in [0.1, 0.15) is 5.75 Å². The van der Waals surface area contributed by atoms with E-state index < -0.39 is 0 Å². The molecule has 3 rings (SSSR count). The van der Waals surface area contributed by atoms with Gasteiger partial charge < -0.3 is 15.4 Å². The Bertz CT molecular complexity index is 541. The molecular weight excluding hydrogens is 288 g/mol. The number of hydrogen-bond acceptors (Lipinski definition) is 3. The number of benzene rings is 1. The van der Waals surface area contributed by atoms with E-state index in [0.717, 1.165) is 25.3 Å². The van der Waals surface area contributed by atoms with Crippen molar-refractivity contribution in [3.63, 3.8) is 0 Å². The molecule has 1 heterocycles. The van der Waals surface area contributed by atoms with Crippen molar-refractivity contribution in [3.05, 3.63) is 29.8 Å². The second-order valence-electron chi connectivity index (χ2n) is 7.29. The third-order valence-electron chi connectivity index (χ3n) is 5.40. The number of amides is 1. The van der Waals surface area contributed by atoms with Crippen LogP contribution in [0.5, 0.6) is 5.75 Å². The van der Waals surface area contributed by atoms with Gasteiger partial charge in [-0.2, -0.15) is 0 Å². The minimum atomic E-state index is 0.199. The Kier molecular flexibility index (Phi) is 4.90. The lowest BCUT2D eigenvalue weighted by atomic mass is 9.98. The number of hydrogen-bond donors (Lipinski definition) is 1. The van der Waals surface area contributed by atoms with Crippen LogP contribution in [-0.2, 0) is 4.79 Å². The van der Waals surface area contributed by atoms with Crippen molar-refractivity contribution >= 4 is 5.91 Å². The minimum absolute atomic E-state index is 0.199. The van der Waals surface area contributed by atoms with E-state index in [4.69, 9.17) is 10.5 Å². The van der Waals surface area contributed by atoms with Crippen LogP contribution in [0.4, 0.5) is 0 Å². The summed E-state index contributed by atoms with van der Waals surface area (Å²) in [5, 5.41) is 0. The lowest BCUT2D eigenvalue weighted by Gasteiger charge is -2.19. The van der Waals surface area contributed by atoms with Crippen LogP contribution in [-0.4, -0.2) is 36.5 Å². The number of carbonyl (C=O) groups excluding carboxylic acids is 1. The van der Waals surface area contributed by atoms with Crippen LogP contribution in [0.15, 0.2) is 24.3 Å². The summed E-state index contributed by atoms with van der Waals surface area (Å²) in [6.07, 6.45) is 2.74. The summed E-state index contributed by atoms with van der Waals surface area (Å²) in [5.74, 6) is 2.70. The third-order valence-corrected chi connectivity index (χ3v) is 5.40. The molecule has 0 spiro atoms. The quantitative estimate of drug-likeness (QED) is 0.909. The average molecular weight is 316 g/mol. The zero-order valence-corrected chi connectivity index (χ0v) is 14.2. The standard InChI is InChI=1S/C19H28N2O2/c1-13(2)14-3-6-16(7-4-14)23-10-9-19(22)21-11-15-5-8-18(20)17(15)12-21/h3-4,6-7,13,15,17-18H,5,8-12,20H2,1-2H3. The lowest BCUT2D eigenvalue weighted by Crippen LogP contribution is -2.34. The number of nitrogens with zero attached hydrogens (tertiary/aromatic N) is 1. The SMILES string of the molecule is CC(C)c1ccc(OCCC(=O)N2CC3CCC(N)C3C2)cc1. The molecule has 0 aromatic heterocycles. The number of fused-ring (bicyclic) bond motifs is 1. The van der Waals surface area contributed by atoms with Gasteiger partial charge in [-0.15, -0.1) is 0 Å². The Balaban J connectivity index is 1.43. The monoisotopic (exact) mass is 316 g/mol. The van der Waals surface area contributed by atoms with Crippen LogP contribution in [0, 0.1) is 11.8 Å². The number of rotatable bonds is 5. The fourth-order valence-electron chi connectivity index (χ4n) is 3.87. The zero-order chi connectivity index (χ0) is 16.4. The highest BCUT2D eigenvalue weighted by Gasteiger charge is 2.42. The zero-order valence-electron chi connectivity index (χ0n) is 14.2. The summed E-state index contributed by atoms with van der Waals surface area (Å²) in [6, 6.07) is 8.43. The maximum absolute atomic E-state index is 12.3. The Morgan fingerprint density at radius 3 is 2.65 bits per heavy atom. The molecule has 1 amide bonds. The molecule has 1 saturated carbocycles. The molecular formula is C19H28N2O2. The van der Waals surface area contributed by atoms with Gasteiger partial charge in [0.15, 0.2) is 0 Å².